The van der Waals surface area contributed by atoms with Crippen molar-refractivity contribution in [2.75, 3.05) is 27.8 Å². The molecule has 1 unspecified atom stereocenters. The van der Waals surface area contributed by atoms with Gasteiger partial charge in [-0.05, 0) is 12.1 Å². The molecule has 1 aromatic rings. The van der Waals surface area contributed by atoms with E-state index in [1.54, 1.807) is 0 Å². The molecule has 0 radical (unpaired) electrons. The number of carboxylic acid groups (broad SMARTS) is 1. The first-order valence-electron chi connectivity index (χ1n) is 5.75. The Kier molecular flexibility index (Phi) is 5.47. The molecule has 0 aliphatic heterocycles. The highest BCUT2D eigenvalue weighted by molar-refractivity contribution is 7.88. The lowest BCUT2D eigenvalue weighted by molar-refractivity contribution is -0.140. The van der Waals surface area contributed by atoms with E-state index in [2.05, 4.69) is 10.1 Å². The Bertz CT molecular complexity index is 620. The van der Waals surface area contributed by atoms with Crippen LogP contribution in [0.25, 0.3) is 0 Å². The number of carbonyl (C=O) groups excluding carboxylic acids is 1. The number of nitrogens with one attached hydrogen (secondary N) is 1. The predicted octanol–water partition coefficient (Wildman–Crippen LogP) is -0.641. The van der Waals surface area contributed by atoms with E-state index < -0.39 is 33.0 Å². The van der Waals surface area contributed by atoms with Gasteiger partial charge in [0.15, 0.2) is 11.8 Å². The SMILES string of the molecule is COCC(NC(=O)c1ccc(S(=O)(=O)N(C)C)o1)C(=O)O. The molecular formula is C11H16N2O7S. The van der Waals surface area contributed by atoms with Gasteiger partial charge in [-0.15, -0.1) is 0 Å². The predicted molar refractivity (Wildman–Crippen MR) is 70.3 cm³/mol. The minimum Gasteiger partial charge on any atom is -0.480 e. The third-order valence-corrected chi connectivity index (χ3v) is 4.17. The number of carboxylic acids is 1. The number of rotatable bonds is 7. The molecule has 21 heavy (non-hydrogen) atoms. The molecule has 0 aliphatic rings. The average Bonchev–Trinajstić information content (AvgIpc) is 2.87. The monoisotopic (exact) mass is 320 g/mol. The highest BCUT2D eigenvalue weighted by Gasteiger charge is 2.26. The zero-order valence-electron chi connectivity index (χ0n) is 11.7. The molecule has 1 amide bonds. The number of carbonyl (C=O) groups is 2. The normalized spacial score (nSPS) is 13.1. The second-order valence-electron chi connectivity index (χ2n) is 4.23. The number of hydrogen-bond acceptors (Lipinski definition) is 6. The fourth-order valence-corrected chi connectivity index (χ4v) is 2.13. The quantitative estimate of drug-likeness (QED) is 0.684. The second-order valence-corrected chi connectivity index (χ2v) is 6.31. The molecular weight excluding hydrogens is 304 g/mol. The number of ether oxygens (including phenoxy) is 1. The van der Waals surface area contributed by atoms with E-state index in [0.29, 0.717) is 0 Å². The lowest BCUT2D eigenvalue weighted by Gasteiger charge is -2.12. The van der Waals surface area contributed by atoms with Gasteiger partial charge in [-0.1, -0.05) is 0 Å². The average molecular weight is 320 g/mol. The van der Waals surface area contributed by atoms with Crippen LogP contribution in [0, 0.1) is 0 Å². The Morgan fingerprint density at radius 1 is 1.43 bits per heavy atom. The van der Waals surface area contributed by atoms with Crippen molar-refractivity contribution in [1.29, 1.82) is 0 Å². The van der Waals surface area contributed by atoms with Crippen molar-refractivity contribution < 1.29 is 32.3 Å². The van der Waals surface area contributed by atoms with Gasteiger partial charge in [0.2, 0.25) is 5.09 Å². The first kappa shape index (κ1) is 17.1. The van der Waals surface area contributed by atoms with Gasteiger partial charge < -0.3 is 19.6 Å². The summed E-state index contributed by atoms with van der Waals surface area (Å²) in [4.78, 5) is 22.7. The molecule has 0 aromatic carbocycles. The number of aliphatic carboxylic acids is 1. The minimum absolute atomic E-state index is 0.232. The molecule has 10 heteroatoms. The van der Waals surface area contributed by atoms with Crippen LogP contribution in [0.3, 0.4) is 0 Å². The summed E-state index contributed by atoms with van der Waals surface area (Å²) in [5.74, 6) is -2.43. The van der Waals surface area contributed by atoms with Crippen molar-refractivity contribution in [3.8, 4) is 0 Å². The van der Waals surface area contributed by atoms with Crippen molar-refractivity contribution >= 4 is 21.9 Å². The van der Waals surface area contributed by atoms with Crippen LogP contribution in [-0.4, -0.2) is 63.6 Å². The van der Waals surface area contributed by atoms with Crippen molar-refractivity contribution in [2.24, 2.45) is 0 Å². The van der Waals surface area contributed by atoms with Crippen molar-refractivity contribution in [1.82, 2.24) is 9.62 Å². The van der Waals surface area contributed by atoms with Crippen LogP contribution in [0.15, 0.2) is 21.6 Å². The topological polar surface area (TPSA) is 126 Å². The molecule has 0 aliphatic carbocycles. The number of nitrogens with zero attached hydrogens (tertiary/aromatic N) is 1. The van der Waals surface area contributed by atoms with E-state index in [1.807, 2.05) is 0 Å². The van der Waals surface area contributed by atoms with Crippen LogP contribution < -0.4 is 5.32 Å². The van der Waals surface area contributed by atoms with E-state index in [-0.39, 0.29) is 12.4 Å². The smallest absolute Gasteiger partial charge is 0.328 e. The van der Waals surface area contributed by atoms with Gasteiger partial charge >= 0.3 is 5.97 Å². The van der Waals surface area contributed by atoms with E-state index in [1.165, 1.54) is 21.2 Å². The van der Waals surface area contributed by atoms with Gasteiger partial charge in [-0.2, -0.15) is 0 Å². The number of hydrogen-bond donors (Lipinski definition) is 2. The summed E-state index contributed by atoms with van der Waals surface area (Å²) in [5.41, 5.74) is 0. The molecule has 0 saturated heterocycles. The summed E-state index contributed by atoms with van der Waals surface area (Å²) in [7, 11) is 0.122. The molecule has 2 N–H and O–H groups in total. The molecule has 0 bridgehead atoms. The zero-order chi connectivity index (χ0) is 16.2. The third kappa shape index (κ3) is 4.03. The largest absolute Gasteiger partial charge is 0.480 e. The maximum absolute atomic E-state index is 11.8. The first-order chi connectivity index (χ1) is 9.70. The van der Waals surface area contributed by atoms with Gasteiger partial charge in [-0.25, -0.2) is 17.5 Å². The molecule has 0 saturated carbocycles. The van der Waals surface area contributed by atoms with E-state index >= 15 is 0 Å². The maximum atomic E-state index is 11.8. The summed E-state index contributed by atoms with van der Waals surface area (Å²) in [6.45, 7) is -0.232. The fourth-order valence-electron chi connectivity index (χ4n) is 1.33. The Labute approximate surface area is 121 Å². The highest BCUT2D eigenvalue weighted by Crippen LogP contribution is 2.16. The lowest BCUT2D eigenvalue weighted by Crippen LogP contribution is -2.43. The van der Waals surface area contributed by atoms with Gasteiger partial charge in [0.1, 0.15) is 0 Å². The van der Waals surface area contributed by atoms with Crippen LogP contribution in [0.1, 0.15) is 10.6 Å². The van der Waals surface area contributed by atoms with Gasteiger partial charge in [0, 0.05) is 21.2 Å². The standard InChI is InChI=1S/C11H16N2O7S/c1-13(2)21(17,18)9-5-4-8(20-9)10(14)12-7(6-19-3)11(15)16/h4-5,7H,6H2,1-3H3,(H,12,14)(H,15,16). The fraction of sp³-hybridized carbons (Fsp3) is 0.455. The van der Waals surface area contributed by atoms with Crippen LogP contribution in [-0.2, 0) is 19.6 Å². The number of furan rings is 1. The Morgan fingerprint density at radius 3 is 2.52 bits per heavy atom. The Balaban J connectivity index is 2.91. The third-order valence-electron chi connectivity index (χ3n) is 2.48. The number of methoxy groups -OCH3 is 1. The van der Waals surface area contributed by atoms with Crippen LogP contribution >= 0.6 is 0 Å². The van der Waals surface area contributed by atoms with Crippen molar-refractivity contribution in [3.05, 3.63) is 17.9 Å². The number of amides is 1. The first-order valence-corrected chi connectivity index (χ1v) is 7.19. The number of sulfonamides is 1. The van der Waals surface area contributed by atoms with Crippen molar-refractivity contribution in [2.45, 2.75) is 11.1 Å². The van der Waals surface area contributed by atoms with E-state index in [4.69, 9.17) is 9.52 Å². The van der Waals surface area contributed by atoms with Gasteiger partial charge in [0.05, 0.1) is 6.61 Å². The summed E-state index contributed by atoms with van der Waals surface area (Å²) in [6.07, 6.45) is 0. The molecule has 118 valence electrons. The van der Waals surface area contributed by atoms with Crippen LogP contribution in [0.5, 0.6) is 0 Å². The Morgan fingerprint density at radius 2 is 2.05 bits per heavy atom. The maximum Gasteiger partial charge on any atom is 0.328 e. The van der Waals surface area contributed by atoms with E-state index in [9.17, 15) is 18.0 Å². The summed E-state index contributed by atoms with van der Waals surface area (Å²) >= 11 is 0. The molecule has 1 heterocycles. The summed E-state index contributed by atoms with van der Waals surface area (Å²) < 4.78 is 34.1. The zero-order valence-corrected chi connectivity index (χ0v) is 12.5. The van der Waals surface area contributed by atoms with Crippen molar-refractivity contribution in [3.63, 3.8) is 0 Å². The van der Waals surface area contributed by atoms with E-state index in [0.717, 1.165) is 16.4 Å². The van der Waals surface area contributed by atoms with Gasteiger partial charge in [0.25, 0.3) is 15.9 Å². The lowest BCUT2D eigenvalue weighted by atomic mass is 10.3. The molecule has 1 atom stereocenters. The Hall–Kier alpha value is -1.91. The summed E-state index contributed by atoms with van der Waals surface area (Å²) in [6, 6.07) is 1.01. The van der Waals surface area contributed by atoms with Crippen LogP contribution in [0.2, 0.25) is 0 Å². The molecule has 0 fully saturated rings. The van der Waals surface area contributed by atoms with Gasteiger partial charge in [-0.3, -0.25) is 4.79 Å². The molecule has 0 spiro atoms. The minimum atomic E-state index is -3.80. The highest BCUT2D eigenvalue weighted by atomic mass is 32.2. The molecule has 1 rings (SSSR count). The molecule has 9 nitrogen and oxygen atoms in total. The molecule has 1 aromatic heterocycles. The van der Waals surface area contributed by atoms with Crippen LogP contribution in [0.4, 0.5) is 0 Å². The summed E-state index contributed by atoms with van der Waals surface area (Å²) in [5, 5.41) is 10.6. The second kappa shape index (κ2) is 6.70.